The van der Waals surface area contributed by atoms with Crippen molar-refractivity contribution >= 4 is 45.7 Å². The Kier molecular flexibility index (Phi) is 8.59. The third-order valence-corrected chi connectivity index (χ3v) is 8.18. The molecule has 8 heteroatoms. The van der Waals surface area contributed by atoms with Crippen LogP contribution in [0.5, 0.6) is 5.75 Å². The number of ether oxygens (including phenoxy) is 1. The van der Waals surface area contributed by atoms with Gasteiger partial charge in [0.15, 0.2) is 5.13 Å². The molecule has 0 saturated carbocycles. The molecule has 0 saturated heterocycles. The van der Waals surface area contributed by atoms with Crippen LogP contribution >= 0.6 is 23.1 Å². The van der Waals surface area contributed by atoms with E-state index in [1.54, 1.807) is 13.2 Å². The van der Waals surface area contributed by atoms with E-state index in [-0.39, 0.29) is 11.8 Å². The Morgan fingerprint density at radius 3 is 2.45 bits per heavy atom. The molecule has 5 aromatic rings. The van der Waals surface area contributed by atoms with Gasteiger partial charge in [-0.2, -0.15) is 0 Å². The summed E-state index contributed by atoms with van der Waals surface area (Å²) in [5.74, 6) is 0.388. The van der Waals surface area contributed by atoms with E-state index in [1.807, 2.05) is 109 Å². The van der Waals surface area contributed by atoms with E-state index in [2.05, 4.69) is 15.6 Å². The number of carbonyl (C=O) groups is 2. The number of aryl methyl sites for hydroxylation is 1. The van der Waals surface area contributed by atoms with Gasteiger partial charge in [0.05, 0.1) is 12.8 Å². The molecular weight excluding hydrogens is 539 g/mol. The molecule has 0 radical (unpaired) electrons. The molecule has 5 rings (SSSR count). The molecule has 0 aliphatic heterocycles. The summed E-state index contributed by atoms with van der Waals surface area (Å²) in [6.07, 6.45) is 0. The fourth-order valence-corrected chi connectivity index (χ4v) is 5.93. The molecule has 0 aliphatic carbocycles. The van der Waals surface area contributed by atoms with E-state index in [0.29, 0.717) is 16.4 Å². The smallest absolute Gasteiger partial charge is 0.255 e. The van der Waals surface area contributed by atoms with Crippen LogP contribution in [0, 0.1) is 6.92 Å². The minimum atomic E-state index is -0.535. The van der Waals surface area contributed by atoms with Crippen molar-refractivity contribution in [2.45, 2.75) is 17.1 Å². The van der Waals surface area contributed by atoms with Gasteiger partial charge in [0.25, 0.3) is 5.91 Å². The molecular formula is C32H27N3O3S2. The van der Waals surface area contributed by atoms with Crippen LogP contribution < -0.4 is 15.4 Å². The fourth-order valence-electron chi connectivity index (χ4n) is 4.13. The minimum Gasteiger partial charge on any atom is -0.497 e. The number of thiazole rings is 1. The number of amides is 2. The first-order chi connectivity index (χ1) is 19.5. The maximum atomic E-state index is 13.6. The van der Waals surface area contributed by atoms with Crippen LogP contribution in [-0.4, -0.2) is 23.9 Å². The van der Waals surface area contributed by atoms with Crippen LogP contribution in [0.15, 0.2) is 113 Å². The standard InChI is InChI=1S/C32H27N3O3S2/c1-21-10-6-7-17-27(21)30(36)33-24-14-9-16-26(19-24)40-29(22-11-4-3-5-12-22)31(37)35-32-34-28(20-39-32)23-13-8-15-25(18-23)38-2/h3-20,29H,1-2H3,(H,33,36)(H,34,35,37). The average molecular weight is 566 g/mol. The Balaban J connectivity index is 1.34. The van der Waals surface area contributed by atoms with E-state index in [4.69, 9.17) is 4.74 Å². The van der Waals surface area contributed by atoms with Crippen LogP contribution in [-0.2, 0) is 4.79 Å². The minimum absolute atomic E-state index is 0.173. The van der Waals surface area contributed by atoms with E-state index in [9.17, 15) is 9.59 Å². The number of hydrogen-bond acceptors (Lipinski definition) is 6. The van der Waals surface area contributed by atoms with Gasteiger partial charge in [-0.1, -0.05) is 66.7 Å². The molecule has 2 amide bonds. The third kappa shape index (κ3) is 6.59. The maximum absolute atomic E-state index is 13.6. The molecule has 200 valence electrons. The topological polar surface area (TPSA) is 80.3 Å². The van der Waals surface area contributed by atoms with Crippen molar-refractivity contribution in [3.8, 4) is 17.0 Å². The Labute approximate surface area is 241 Å². The Morgan fingerprint density at radius 1 is 0.875 bits per heavy atom. The van der Waals surface area contributed by atoms with Crippen LogP contribution in [0.1, 0.15) is 26.7 Å². The number of hydrogen-bond donors (Lipinski definition) is 2. The first kappa shape index (κ1) is 27.2. The van der Waals surface area contributed by atoms with E-state index in [1.165, 1.54) is 23.1 Å². The van der Waals surface area contributed by atoms with Crippen molar-refractivity contribution in [1.29, 1.82) is 0 Å². The summed E-state index contributed by atoms with van der Waals surface area (Å²) in [5, 5.41) is 7.87. The fraction of sp³-hybridized carbons (Fsp3) is 0.0938. The Hall–Kier alpha value is -4.40. The van der Waals surface area contributed by atoms with Crippen molar-refractivity contribution < 1.29 is 14.3 Å². The summed E-state index contributed by atoms with van der Waals surface area (Å²) in [6, 6.07) is 32.3. The lowest BCUT2D eigenvalue weighted by molar-refractivity contribution is -0.115. The lowest BCUT2D eigenvalue weighted by Gasteiger charge is -2.17. The largest absolute Gasteiger partial charge is 0.497 e. The number of thioether (sulfide) groups is 1. The zero-order valence-corrected chi connectivity index (χ0v) is 23.6. The van der Waals surface area contributed by atoms with Gasteiger partial charge in [0.2, 0.25) is 5.91 Å². The number of methoxy groups -OCH3 is 1. The predicted molar refractivity (Wildman–Crippen MR) is 163 cm³/mol. The highest BCUT2D eigenvalue weighted by molar-refractivity contribution is 8.00. The van der Waals surface area contributed by atoms with Gasteiger partial charge >= 0.3 is 0 Å². The average Bonchev–Trinajstić information content (AvgIpc) is 3.45. The van der Waals surface area contributed by atoms with Crippen molar-refractivity contribution in [3.63, 3.8) is 0 Å². The van der Waals surface area contributed by atoms with Gasteiger partial charge in [-0.15, -0.1) is 23.1 Å². The summed E-state index contributed by atoms with van der Waals surface area (Å²) in [5.41, 5.74) is 4.73. The second-order valence-corrected chi connectivity index (χ2v) is 11.0. The second kappa shape index (κ2) is 12.6. The van der Waals surface area contributed by atoms with Gasteiger partial charge in [0.1, 0.15) is 11.0 Å². The van der Waals surface area contributed by atoms with Gasteiger partial charge in [-0.3, -0.25) is 9.59 Å². The van der Waals surface area contributed by atoms with E-state index in [0.717, 1.165) is 33.0 Å². The normalized spacial score (nSPS) is 11.4. The number of aromatic nitrogens is 1. The number of nitrogens with one attached hydrogen (secondary N) is 2. The second-order valence-electron chi connectivity index (χ2n) is 8.96. The summed E-state index contributed by atoms with van der Waals surface area (Å²) < 4.78 is 5.32. The molecule has 1 aromatic heterocycles. The Morgan fingerprint density at radius 2 is 1.65 bits per heavy atom. The predicted octanol–water partition coefficient (Wildman–Crippen LogP) is 7.85. The number of nitrogens with zero attached hydrogens (tertiary/aromatic N) is 1. The van der Waals surface area contributed by atoms with Crippen LogP contribution in [0.2, 0.25) is 0 Å². The zero-order valence-electron chi connectivity index (χ0n) is 22.0. The molecule has 1 unspecified atom stereocenters. The van der Waals surface area contributed by atoms with Crippen molar-refractivity contribution in [1.82, 2.24) is 4.98 Å². The molecule has 6 nitrogen and oxygen atoms in total. The first-order valence-electron chi connectivity index (χ1n) is 12.6. The molecule has 1 heterocycles. The number of rotatable bonds is 9. The van der Waals surface area contributed by atoms with Gasteiger partial charge in [0, 0.05) is 27.1 Å². The zero-order chi connectivity index (χ0) is 27.9. The van der Waals surface area contributed by atoms with E-state index >= 15 is 0 Å². The van der Waals surface area contributed by atoms with Crippen LogP contribution in [0.25, 0.3) is 11.3 Å². The molecule has 1 atom stereocenters. The van der Waals surface area contributed by atoms with Gasteiger partial charge < -0.3 is 15.4 Å². The SMILES string of the molecule is COc1cccc(-c2csc(NC(=O)C(Sc3cccc(NC(=O)c4ccccc4C)c3)c3ccccc3)n2)c1. The highest BCUT2D eigenvalue weighted by atomic mass is 32.2. The van der Waals surface area contributed by atoms with Crippen molar-refractivity contribution in [2.75, 3.05) is 17.7 Å². The highest BCUT2D eigenvalue weighted by Crippen LogP contribution is 2.38. The number of benzene rings is 4. The summed E-state index contributed by atoms with van der Waals surface area (Å²) in [4.78, 5) is 31.9. The molecule has 40 heavy (non-hydrogen) atoms. The third-order valence-electron chi connectivity index (χ3n) is 6.18. The summed E-state index contributed by atoms with van der Waals surface area (Å²) in [7, 11) is 1.63. The van der Waals surface area contributed by atoms with Gasteiger partial charge in [-0.25, -0.2) is 4.98 Å². The highest BCUT2D eigenvalue weighted by Gasteiger charge is 2.23. The quantitative estimate of drug-likeness (QED) is 0.178. The lowest BCUT2D eigenvalue weighted by Crippen LogP contribution is -2.19. The molecule has 0 fully saturated rings. The summed E-state index contributed by atoms with van der Waals surface area (Å²) >= 11 is 2.79. The molecule has 0 aliphatic rings. The van der Waals surface area contributed by atoms with Gasteiger partial charge in [-0.05, 0) is 54.4 Å². The molecule has 0 spiro atoms. The van der Waals surface area contributed by atoms with E-state index < -0.39 is 5.25 Å². The first-order valence-corrected chi connectivity index (χ1v) is 14.4. The number of carbonyl (C=O) groups excluding carboxylic acids is 2. The lowest BCUT2D eigenvalue weighted by atomic mass is 10.1. The molecule has 2 N–H and O–H groups in total. The monoisotopic (exact) mass is 565 g/mol. The number of anilines is 2. The maximum Gasteiger partial charge on any atom is 0.255 e. The van der Waals surface area contributed by atoms with Crippen molar-refractivity contribution in [2.24, 2.45) is 0 Å². The van der Waals surface area contributed by atoms with Crippen LogP contribution in [0.4, 0.5) is 10.8 Å². The van der Waals surface area contributed by atoms with Crippen molar-refractivity contribution in [3.05, 3.63) is 125 Å². The Bertz CT molecular complexity index is 1640. The summed E-state index contributed by atoms with van der Waals surface area (Å²) in [6.45, 7) is 1.91. The van der Waals surface area contributed by atoms with Crippen LogP contribution in [0.3, 0.4) is 0 Å². The molecule has 0 bridgehead atoms. The molecule has 4 aromatic carbocycles.